The van der Waals surface area contributed by atoms with Crippen molar-refractivity contribution in [2.75, 3.05) is 24.5 Å². The summed E-state index contributed by atoms with van der Waals surface area (Å²) in [5.74, 6) is 0.729. The Morgan fingerprint density at radius 2 is 1.88 bits per heavy atom. The first kappa shape index (κ1) is 22.3. The zero-order valence-electron chi connectivity index (χ0n) is 18.9. The van der Waals surface area contributed by atoms with Gasteiger partial charge in [0.05, 0.1) is 17.3 Å². The summed E-state index contributed by atoms with van der Waals surface area (Å²) in [4.78, 5) is 30.5. The Labute approximate surface area is 195 Å². The van der Waals surface area contributed by atoms with Crippen LogP contribution in [0.1, 0.15) is 33.7 Å². The van der Waals surface area contributed by atoms with Gasteiger partial charge in [-0.3, -0.25) is 9.78 Å². The zero-order chi connectivity index (χ0) is 24.0. The summed E-state index contributed by atoms with van der Waals surface area (Å²) in [5.41, 5.74) is 2.74. The maximum Gasteiger partial charge on any atom is 0.417 e. The highest BCUT2D eigenvalue weighted by molar-refractivity contribution is 5.99. The number of anilines is 1. The minimum atomic E-state index is -4.42. The molecule has 2 fully saturated rings. The van der Waals surface area contributed by atoms with E-state index in [1.807, 2.05) is 43.0 Å². The molecule has 2 saturated heterocycles. The fourth-order valence-electron chi connectivity index (χ4n) is 4.80. The average molecular weight is 467 g/mol. The number of carbonyl (C=O) groups is 1. The SMILES string of the molecule is Cc1ccc(-c2ncccc2C)c(C(=O)N2CC[C@H]3CN(c4ccc(C(F)(F)F)cn4)[C@H]3C2)n1. The number of alkyl halides is 3. The predicted molar refractivity (Wildman–Crippen MR) is 121 cm³/mol. The van der Waals surface area contributed by atoms with Crippen LogP contribution in [0, 0.1) is 19.8 Å². The Kier molecular flexibility index (Phi) is 5.50. The third-order valence-corrected chi connectivity index (χ3v) is 6.71. The van der Waals surface area contributed by atoms with E-state index in [1.54, 1.807) is 11.1 Å². The monoisotopic (exact) mass is 467 g/mol. The molecule has 2 atom stereocenters. The predicted octanol–water partition coefficient (Wildman–Crippen LogP) is 4.53. The van der Waals surface area contributed by atoms with Crippen LogP contribution in [-0.2, 0) is 6.18 Å². The molecule has 5 heterocycles. The van der Waals surface area contributed by atoms with Crippen LogP contribution in [-0.4, -0.2) is 51.4 Å². The van der Waals surface area contributed by atoms with E-state index in [1.165, 1.54) is 6.07 Å². The molecule has 2 aliphatic rings. The van der Waals surface area contributed by atoms with Crippen LogP contribution in [0.5, 0.6) is 0 Å². The fraction of sp³-hybridized carbons (Fsp3) is 0.360. The number of hydrogen-bond donors (Lipinski definition) is 0. The molecule has 0 N–H and O–H groups in total. The van der Waals surface area contributed by atoms with Gasteiger partial charge in [0.2, 0.25) is 0 Å². The second-order valence-corrected chi connectivity index (χ2v) is 8.94. The molecule has 0 spiro atoms. The van der Waals surface area contributed by atoms with Gasteiger partial charge in [-0.2, -0.15) is 13.2 Å². The third kappa shape index (κ3) is 3.99. The van der Waals surface area contributed by atoms with Gasteiger partial charge in [-0.1, -0.05) is 6.07 Å². The number of carbonyl (C=O) groups excluding carboxylic acids is 1. The van der Waals surface area contributed by atoms with Crippen molar-refractivity contribution >= 4 is 11.7 Å². The number of halogens is 3. The van der Waals surface area contributed by atoms with E-state index in [0.717, 1.165) is 42.2 Å². The summed E-state index contributed by atoms with van der Waals surface area (Å²) in [6, 6.07) is 10.0. The fourth-order valence-corrected chi connectivity index (χ4v) is 4.80. The van der Waals surface area contributed by atoms with Crippen LogP contribution in [0.3, 0.4) is 0 Å². The molecule has 1 amide bonds. The van der Waals surface area contributed by atoms with E-state index in [2.05, 4.69) is 15.0 Å². The Hall–Kier alpha value is -3.49. The van der Waals surface area contributed by atoms with E-state index in [4.69, 9.17) is 0 Å². The van der Waals surface area contributed by atoms with Gasteiger partial charge in [0.1, 0.15) is 11.5 Å². The van der Waals surface area contributed by atoms with E-state index < -0.39 is 11.7 Å². The summed E-state index contributed by atoms with van der Waals surface area (Å²) < 4.78 is 38.7. The second kappa shape index (κ2) is 8.38. The van der Waals surface area contributed by atoms with Gasteiger partial charge >= 0.3 is 6.18 Å². The Balaban J connectivity index is 1.38. The van der Waals surface area contributed by atoms with Gasteiger partial charge in [-0.05, 0) is 56.2 Å². The molecule has 3 aromatic heterocycles. The highest BCUT2D eigenvalue weighted by atomic mass is 19.4. The molecule has 3 aromatic rings. The maximum absolute atomic E-state index is 13.6. The molecule has 0 aliphatic carbocycles. The normalized spacial score (nSPS) is 20.0. The number of pyridine rings is 3. The molecule has 0 unspecified atom stereocenters. The molecule has 5 rings (SSSR count). The average Bonchev–Trinajstić information content (AvgIpc) is 2.80. The van der Waals surface area contributed by atoms with Crippen LogP contribution in [0.4, 0.5) is 19.0 Å². The topological polar surface area (TPSA) is 62.2 Å². The molecule has 0 aromatic carbocycles. The number of rotatable bonds is 3. The summed E-state index contributed by atoms with van der Waals surface area (Å²) >= 11 is 0. The largest absolute Gasteiger partial charge is 0.417 e. The molecule has 0 bridgehead atoms. The minimum Gasteiger partial charge on any atom is -0.351 e. The zero-order valence-corrected chi connectivity index (χ0v) is 18.9. The molecule has 0 radical (unpaired) electrons. The number of fused-ring (bicyclic) bond motifs is 1. The lowest BCUT2D eigenvalue weighted by Crippen LogP contribution is -2.65. The van der Waals surface area contributed by atoms with Crippen LogP contribution in [0.15, 0.2) is 48.8 Å². The van der Waals surface area contributed by atoms with E-state index in [9.17, 15) is 18.0 Å². The van der Waals surface area contributed by atoms with Crippen molar-refractivity contribution < 1.29 is 18.0 Å². The van der Waals surface area contributed by atoms with Crippen molar-refractivity contribution in [1.29, 1.82) is 0 Å². The number of nitrogens with zero attached hydrogens (tertiary/aromatic N) is 5. The van der Waals surface area contributed by atoms with E-state index >= 15 is 0 Å². The standard InChI is InChI=1S/C25H24F3N5O/c1-15-4-3-10-29-22(15)19-7-5-16(2)31-23(19)24(34)32-11-9-17-13-33(20(17)14-32)21-8-6-18(12-30-21)25(26,27)28/h3-8,10,12,17,20H,9,11,13-14H2,1-2H3/t17-,20-/m0/s1. The van der Waals surface area contributed by atoms with Crippen molar-refractivity contribution in [3.63, 3.8) is 0 Å². The first-order chi connectivity index (χ1) is 16.2. The molecule has 2 aliphatic heterocycles. The van der Waals surface area contributed by atoms with Crippen molar-refractivity contribution in [1.82, 2.24) is 19.9 Å². The van der Waals surface area contributed by atoms with Gasteiger partial charge in [0.15, 0.2) is 0 Å². The quantitative estimate of drug-likeness (QED) is 0.567. The van der Waals surface area contributed by atoms with Crippen molar-refractivity contribution in [3.8, 4) is 11.3 Å². The number of aryl methyl sites for hydroxylation is 2. The number of likely N-dealkylation sites (tertiary alicyclic amines) is 1. The lowest BCUT2D eigenvalue weighted by molar-refractivity contribution is -0.137. The van der Waals surface area contributed by atoms with E-state index in [0.29, 0.717) is 36.1 Å². The first-order valence-electron chi connectivity index (χ1n) is 11.2. The van der Waals surface area contributed by atoms with Gasteiger partial charge in [0.25, 0.3) is 5.91 Å². The third-order valence-electron chi connectivity index (χ3n) is 6.71. The molecule has 176 valence electrons. The molecular formula is C25H24F3N5O. The minimum absolute atomic E-state index is 0.0202. The summed E-state index contributed by atoms with van der Waals surface area (Å²) in [6.45, 7) is 5.62. The number of amides is 1. The highest BCUT2D eigenvalue weighted by Gasteiger charge is 2.45. The number of hydrogen-bond acceptors (Lipinski definition) is 5. The van der Waals surface area contributed by atoms with Gasteiger partial charge in [-0.15, -0.1) is 0 Å². The van der Waals surface area contributed by atoms with Crippen LogP contribution in [0.2, 0.25) is 0 Å². The summed E-state index contributed by atoms with van der Waals surface area (Å²) in [5, 5.41) is 0. The van der Waals surface area contributed by atoms with Gasteiger partial charge in [0, 0.05) is 49.2 Å². The molecule has 9 heteroatoms. The Morgan fingerprint density at radius 1 is 1.06 bits per heavy atom. The van der Waals surface area contributed by atoms with Crippen molar-refractivity contribution in [2.24, 2.45) is 5.92 Å². The van der Waals surface area contributed by atoms with E-state index in [-0.39, 0.29) is 11.9 Å². The second-order valence-electron chi connectivity index (χ2n) is 8.94. The maximum atomic E-state index is 13.6. The van der Waals surface area contributed by atoms with Crippen molar-refractivity contribution in [2.45, 2.75) is 32.5 Å². The molecular weight excluding hydrogens is 443 g/mol. The smallest absolute Gasteiger partial charge is 0.351 e. The lowest BCUT2D eigenvalue weighted by Gasteiger charge is -2.54. The Bertz CT molecular complexity index is 1230. The van der Waals surface area contributed by atoms with Crippen LogP contribution in [0.25, 0.3) is 11.3 Å². The summed E-state index contributed by atoms with van der Waals surface area (Å²) in [7, 11) is 0. The van der Waals surface area contributed by atoms with Crippen molar-refractivity contribution in [3.05, 3.63) is 71.3 Å². The van der Waals surface area contributed by atoms with Gasteiger partial charge < -0.3 is 9.80 Å². The summed E-state index contributed by atoms with van der Waals surface area (Å²) in [6.07, 6.45) is -1.02. The molecule has 6 nitrogen and oxygen atoms in total. The first-order valence-corrected chi connectivity index (χ1v) is 11.2. The van der Waals surface area contributed by atoms with Crippen LogP contribution >= 0.6 is 0 Å². The Morgan fingerprint density at radius 3 is 2.59 bits per heavy atom. The lowest BCUT2D eigenvalue weighted by atomic mass is 9.82. The van der Waals surface area contributed by atoms with Gasteiger partial charge in [-0.25, -0.2) is 9.97 Å². The molecule has 34 heavy (non-hydrogen) atoms. The highest BCUT2D eigenvalue weighted by Crippen LogP contribution is 2.37. The number of piperidine rings is 1. The molecule has 0 saturated carbocycles. The van der Waals surface area contributed by atoms with Crippen LogP contribution < -0.4 is 4.90 Å². The number of aromatic nitrogens is 3.